The molecule has 0 atom stereocenters. The van der Waals surface area contributed by atoms with Crippen molar-refractivity contribution in [3.05, 3.63) is 47.9 Å². The minimum Gasteiger partial charge on any atom is -0.467 e. The molecule has 0 fully saturated rings. The van der Waals surface area contributed by atoms with Crippen molar-refractivity contribution in [2.24, 2.45) is 0 Å². The number of amides is 1. The molecule has 1 aromatic heterocycles. The van der Waals surface area contributed by atoms with Crippen molar-refractivity contribution in [1.82, 2.24) is 4.90 Å². The maximum absolute atomic E-state index is 12.1. The summed E-state index contributed by atoms with van der Waals surface area (Å²) in [5.74, 6) is 1.19. The van der Waals surface area contributed by atoms with E-state index in [0.29, 0.717) is 18.0 Å². The first-order valence-corrected chi connectivity index (χ1v) is 7.30. The van der Waals surface area contributed by atoms with E-state index in [-0.39, 0.29) is 5.91 Å². The van der Waals surface area contributed by atoms with Gasteiger partial charge in [0.15, 0.2) is 0 Å². The van der Waals surface area contributed by atoms with E-state index >= 15 is 0 Å². The molecule has 20 heavy (non-hydrogen) atoms. The molecular weight excluding hydrogens is 272 g/mol. The highest BCUT2D eigenvalue weighted by atomic mass is 32.2. The summed E-state index contributed by atoms with van der Waals surface area (Å²) in [6.45, 7) is 2.49. The topological polar surface area (TPSA) is 59.5 Å². The van der Waals surface area contributed by atoms with Gasteiger partial charge < -0.3 is 15.1 Å². The number of carbonyl (C=O) groups is 1. The molecule has 0 unspecified atom stereocenters. The van der Waals surface area contributed by atoms with Gasteiger partial charge in [0.2, 0.25) is 5.91 Å². The van der Waals surface area contributed by atoms with Crippen molar-refractivity contribution in [1.29, 1.82) is 0 Å². The van der Waals surface area contributed by atoms with Gasteiger partial charge in [-0.3, -0.25) is 4.79 Å². The molecule has 0 spiro atoms. The summed E-state index contributed by atoms with van der Waals surface area (Å²) in [5, 5.41) is 0. The number of nitrogens with two attached hydrogens (primary N) is 1. The van der Waals surface area contributed by atoms with Crippen LogP contribution in [0.15, 0.2) is 45.9 Å². The Hall–Kier alpha value is -1.88. The van der Waals surface area contributed by atoms with E-state index in [1.54, 1.807) is 18.2 Å². The maximum Gasteiger partial charge on any atom is 0.233 e. The minimum atomic E-state index is 0.0484. The van der Waals surface area contributed by atoms with Crippen molar-refractivity contribution >= 4 is 23.4 Å². The molecule has 4 nitrogen and oxygen atoms in total. The minimum absolute atomic E-state index is 0.0484. The van der Waals surface area contributed by atoms with Gasteiger partial charge in [0, 0.05) is 17.6 Å². The number of nitrogens with zero attached hydrogens (tertiary/aromatic N) is 1. The highest BCUT2D eigenvalue weighted by molar-refractivity contribution is 8.00. The van der Waals surface area contributed by atoms with Crippen LogP contribution in [-0.4, -0.2) is 23.6 Å². The summed E-state index contributed by atoms with van der Waals surface area (Å²) in [5.41, 5.74) is 7.75. The van der Waals surface area contributed by atoms with Crippen molar-refractivity contribution in [3.8, 4) is 0 Å². The van der Waals surface area contributed by atoms with Gasteiger partial charge in [-0.15, -0.1) is 11.8 Å². The molecule has 0 aliphatic carbocycles. The SMILES string of the molecule is Cc1ccc(N)c(SCC(=O)N(C)Cc2ccco2)c1. The Kier molecular flexibility index (Phi) is 4.74. The van der Waals surface area contributed by atoms with Crippen LogP contribution in [0.2, 0.25) is 0 Å². The lowest BCUT2D eigenvalue weighted by molar-refractivity contribution is -0.127. The van der Waals surface area contributed by atoms with E-state index in [1.807, 2.05) is 37.3 Å². The number of rotatable bonds is 5. The molecular formula is C15H18N2O2S. The van der Waals surface area contributed by atoms with E-state index in [4.69, 9.17) is 10.2 Å². The second kappa shape index (κ2) is 6.52. The molecule has 0 bridgehead atoms. The molecule has 2 rings (SSSR count). The van der Waals surface area contributed by atoms with Crippen LogP contribution in [0.3, 0.4) is 0 Å². The molecule has 0 saturated carbocycles. The normalized spacial score (nSPS) is 10.5. The van der Waals surface area contributed by atoms with Crippen LogP contribution in [-0.2, 0) is 11.3 Å². The van der Waals surface area contributed by atoms with Gasteiger partial charge in [0.25, 0.3) is 0 Å². The predicted molar refractivity (Wildman–Crippen MR) is 81.5 cm³/mol. The second-order valence-corrected chi connectivity index (χ2v) is 5.68. The van der Waals surface area contributed by atoms with Crippen LogP contribution < -0.4 is 5.73 Å². The molecule has 0 aliphatic heterocycles. The number of anilines is 1. The molecule has 1 aromatic carbocycles. The molecule has 1 heterocycles. The summed E-state index contributed by atoms with van der Waals surface area (Å²) >= 11 is 1.46. The van der Waals surface area contributed by atoms with Gasteiger partial charge in [0.1, 0.15) is 5.76 Å². The average molecular weight is 290 g/mol. The van der Waals surface area contributed by atoms with Crippen molar-refractivity contribution < 1.29 is 9.21 Å². The third kappa shape index (κ3) is 3.81. The maximum atomic E-state index is 12.1. The summed E-state index contributed by atoms with van der Waals surface area (Å²) < 4.78 is 5.23. The quantitative estimate of drug-likeness (QED) is 0.679. The molecule has 1 amide bonds. The van der Waals surface area contributed by atoms with Gasteiger partial charge in [-0.1, -0.05) is 6.07 Å². The van der Waals surface area contributed by atoms with E-state index in [9.17, 15) is 4.79 Å². The van der Waals surface area contributed by atoms with Gasteiger partial charge in [0.05, 0.1) is 18.6 Å². The number of benzene rings is 1. The molecule has 2 N–H and O–H groups in total. The number of nitrogen functional groups attached to an aromatic ring is 1. The first-order chi connectivity index (χ1) is 9.56. The fourth-order valence-electron chi connectivity index (χ4n) is 1.74. The smallest absolute Gasteiger partial charge is 0.233 e. The Labute approximate surface area is 122 Å². The zero-order valence-electron chi connectivity index (χ0n) is 11.6. The van der Waals surface area contributed by atoms with Gasteiger partial charge >= 0.3 is 0 Å². The Bertz CT molecular complexity index is 582. The first kappa shape index (κ1) is 14.5. The van der Waals surface area contributed by atoms with Gasteiger partial charge in [-0.2, -0.15) is 0 Å². The number of aryl methyl sites for hydroxylation is 1. The number of carbonyl (C=O) groups excluding carboxylic acids is 1. The Balaban J connectivity index is 1.89. The number of hydrogen-bond donors (Lipinski definition) is 1. The first-order valence-electron chi connectivity index (χ1n) is 6.31. The second-order valence-electron chi connectivity index (χ2n) is 4.66. The third-order valence-electron chi connectivity index (χ3n) is 2.92. The Morgan fingerprint density at radius 1 is 1.40 bits per heavy atom. The highest BCUT2D eigenvalue weighted by Crippen LogP contribution is 2.26. The highest BCUT2D eigenvalue weighted by Gasteiger charge is 2.12. The monoisotopic (exact) mass is 290 g/mol. The Morgan fingerprint density at radius 2 is 2.20 bits per heavy atom. The molecule has 2 aromatic rings. The van der Waals surface area contributed by atoms with Crippen molar-refractivity contribution in [2.75, 3.05) is 18.5 Å². The van der Waals surface area contributed by atoms with Crippen LogP contribution in [0.5, 0.6) is 0 Å². The number of furan rings is 1. The van der Waals surface area contributed by atoms with E-state index in [2.05, 4.69) is 0 Å². The van der Waals surface area contributed by atoms with Gasteiger partial charge in [-0.05, 0) is 36.8 Å². The number of thioether (sulfide) groups is 1. The fourth-order valence-corrected chi connectivity index (χ4v) is 2.74. The third-order valence-corrected chi connectivity index (χ3v) is 3.97. The molecule has 0 saturated heterocycles. The summed E-state index contributed by atoms with van der Waals surface area (Å²) in [6.07, 6.45) is 1.61. The van der Waals surface area contributed by atoms with Crippen LogP contribution in [0.1, 0.15) is 11.3 Å². The lowest BCUT2D eigenvalue weighted by atomic mass is 10.2. The summed E-state index contributed by atoms with van der Waals surface area (Å²) in [7, 11) is 1.77. The van der Waals surface area contributed by atoms with E-state index < -0.39 is 0 Å². The van der Waals surface area contributed by atoms with Crippen molar-refractivity contribution in [3.63, 3.8) is 0 Å². The zero-order chi connectivity index (χ0) is 14.5. The van der Waals surface area contributed by atoms with E-state index in [1.165, 1.54) is 11.8 Å². The van der Waals surface area contributed by atoms with Crippen LogP contribution in [0.25, 0.3) is 0 Å². The van der Waals surface area contributed by atoms with Gasteiger partial charge in [-0.25, -0.2) is 0 Å². The molecule has 5 heteroatoms. The zero-order valence-corrected chi connectivity index (χ0v) is 12.4. The fraction of sp³-hybridized carbons (Fsp3) is 0.267. The standard InChI is InChI=1S/C15H18N2O2S/c1-11-5-6-13(16)14(8-11)20-10-15(18)17(2)9-12-4-3-7-19-12/h3-8H,9-10,16H2,1-2H3. The van der Waals surface area contributed by atoms with Crippen LogP contribution in [0.4, 0.5) is 5.69 Å². The van der Waals surface area contributed by atoms with Crippen LogP contribution >= 0.6 is 11.8 Å². The molecule has 0 aliphatic rings. The lowest BCUT2D eigenvalue weighted by Gasteiger charge is -2.15. The van der Waals surface area contributed by atoms with Crippen molar-refractivity contribution in [2.45, 2.75) is 18.4 Å². The number of hydrogen-bond acceptors (Lipinski definition) is 4. The van der Waals surface area contributed by atoms with E-state index in [0.717, 1.165) is 16.2 Å². The molecule has 106 valence electrons. The summed E-state index contributed by atoms with van der Waals surface area (Å²) in [4.78, 5) is 14.7. The lowest BCUT2D eigenvalue weighted by Crippen LogP contribution is -2.27. The van der Waals surface area contributed by atoms with Crippen LogP contribution in [0, 0.1) is 6.92 Å². The largest absolute Gasteiger partial charge is 0.467 e. The average Bonchev–Trinajstić information content (AvgIpc) is 2.92. The Morgan fingerprint density at radius 3 is 2.90 bits per heavy atom. The molecule has 0 radical (unpaired) electrons. The summed E-state index contributed by atoms with van der Waals surface area (Å²) in [6, 6.07) is 9.50. The predicted octanol–water partition coefficient (Wildman–Crippen LogP) is 2.92.